The maximum absolute atomic E-state index is 5.51. The molecule has 110 valence electrons. The fourth-order valence-corrected chi connectivity index (χ4v) is 2.34. The summed E-state index contributed by atoms with van der Waals surface area (Å²) in [7, 11) is 0. The lowest BCUT2D eigenvalue weighted by Crippen LogP contribution is -2.28. The Balaban J connectivity index is 2.29. The smallest absolute Gasteiger partial charge is 0.208 e. The summed E-state index contributed by atoms with van der Waals surface area (Å²) in [5.41, 5.74) is 0. The first-order valence-corrected chi connectivity index (χ1v) is 7.91. The molecule has 3 nitrogen and oxygen atoms in total. The summed E-state index contributed by atoms with van der Waals surface area (Å²) in [6.45, 7) is 7.22. The van der Waals surface area contributed by atoms with Crippen molar-refractivity contribution in [3.63, 3.8) is 0 Å². The van der Waals surface area contributed by atoms with Crippen LogP contribution in [0.15, 0.2) is 10.6 Å². The molecule has 1 N–H and O–H groups in total. The fraction of sp³-hybridized carbons (Fsp3) is 0.812. The van der Waals surface area contributed by atoms with E-state index in [1.165, 1.54) is 51.4 Å². The molecule has 1 rings (SSSR count). The minimum Gasteiger partial charge on any atom is -0.445 e. The zero-order valence-electron chi connectivity index (χ0n) is 12.9. The summed E-state index contributed by atoms with van der Waals surface area (Å²) in [4.78, 5) is 4.25. The van der Waals surface area contributed by atoms with Crippen molar-refractivity contribution >= 4 is 0 Å². The topological polar surface area (TPSA) is 38.1 Å². The Hall–Kier alpha value is -0.830. The van der Waals surface area contributed by atoms with Gasteiger partial charge in [-0.15, -0.1) is 0 Å². The molecule has 0 aliphatic heterocycles. The Morgan fingerprint density at radius 3 is 2.21 bits per heavy atom. The first kappa shape index (κ1) is 16.2. The molecule has 0 saturated heterocycles. The molecule has 0 bridgehead atoms. The van der Waals surface area contributed by atoms with E-state index in [1.54, 1.807) is 6.20 Å². The number of nitrogens with one attached hydrogen (secondary N) is 1. The van der Waals surface area contributed by atoms with Gasteiger partial charge in [0.2, 0.25) is 5.89 Å². The van der Waals surface area contributed by atoms with Crippen molar-refractivity contribution in [1.29, 1.82) is 0 Å². The van der Waals surface area contributed by atoms with Gasteiger partial charge >= 0.3 is 0 Å². The van der Waals surface area contributed by atoms with Gasteiger partial charge in [0.15, 0.2) is 0 Å². The van der Waals surface area contributed by atoms with E-state index < -0.39 is 0 Å². The monoisotopic (exact) mass is 266 g/mol. The molecule has 0 aliphatic carbocycles. The lowest BCUT2D eigenvalue weighted by Gasteiger charge is -2.17. The fourth-order valence-electron chi connectivity index (χ4n) is 2.34. The molecule has 0 spiro atoms. The van der Waals surface area contributed by atoms with Crippen LogP contribution in [0.2, 0.25) is 0 Å². The van der Waals surface area contributed by atoms with Crippen molar-refractivity contribution in [2.45, 2.75) is 84.7 Å². The maximum Gasteiger partial charge on any atom is 0.208 e. The molecule has 0 aliphatic rings. The quantitative estimate of drug-likeness (QED) is 0.595. The molecule has 1 aromatic heterocycles. The Morgan fingerprint density at radius 2 is 1.74 bits per heavy atom. The van der Waals surface area contributed by atoms with Crippen LogP contribution in [0.25, 0.3) is 0 Å². The van der Waals surface area contributed by atoms with Gasteiger partial charge in [0.05, 0.1) is 12.7 Å². The van der Waals surface area contributed by atoms with E-state index in [0.717, 1.165) is 18.2 Å². The molecule has 0 fully saturated rings. The molecular formula is C16H30N2O. The summed E-state index contributed by atoms with van der Waals surface area (Å²) < 4.78 is 5.51. The molecule has 3 heteroatoms. The minimum absolute atomic E-state index is 0.616. The first-order chi connectivity index (χ1) is 9.26. The minimum atomic E-state index is 0.616. The van der Waals surface area contributed by atoms with Crippen LogP contribution < -0.4 is 5.32 Å². The van der Waals surface area contributed by atoms with Gasteiger partial charge in [0, 0.05) is 6.04 Å². The van der Waals surface area contributed by atoms with Crippen LogP contribution in [-0.2, 0) is 6.54 Å². The molecule has 0 saturated carbocycles. The maximum atomic E-state index is 5.51. The number of aryl methyl sites for hydroxylation is 1. The van der Waals surface area contributed by atoms with Gasteiger partial charge in [0.1, 0.15) is 5.76 Å². The van der Waals surface area contributed by atoms with Crippen LogP contribution in [0.3, 0.4) is 0 Å². The van der Waals surface area contributed by atoms with Crippen LogP contribution in [0.4, 0.5) is 0 Å². The van der Waals surface area contributed by atoms with Gasteiger partial charge in [0.25, 0.3) is 0 Å². The third kappa shape index (κ3) is 7.36. The predicted molar refractivity (Wildman–Crippen MR) is 80.2 cm³/mol. The zero-order chi connectivity index (χ0) is 13.9. The SMILES string of the molecule is CCCCCC(CCCCC)NCc1ncc(C)o1. The van der Waals surface area contributed by atoms with E-state index in [0.29, 0.717) is 6.04 Å². The standard InChI is InChI=1S/C16H30N2O/c1-4-6-8-10-15(11-9-7-5-2)17-13-16-18-12-14(3)19-16/h12,15,17H,4-11,13H2,1-3H3. The lowest BCUT2D eigenvalue weighted by molar-refractivity contribution is 0.381. The molecule has 19 heavy (non-hydrogen) atoms. The molecule has 0 radical (unpaired) electrons. The highest BCUT2D eigenvalue weighted by Crippen LogP contribution is 2.12. The number of unbranched alkanes of at least 4 members (excludes halogenated alkanes) is 4. The number of hydrogen-bond donors (Lipinski definition) is 1. The third-order valence-corrected chi connectivity index (χ3v) is 3.52. The van der Waals surface area contributed by atoms with E-state index in [1.807, 2.05) is 6.92 Å². The molecule has 1 heterocycles. The van der Waals surface area contributed by atoms with Crippen LogP contribution >= 0.6 is 0 Å². The van der Waals surface area contributed by atoms with Crippen LogP contribution in [0, 0.1) is 6.92 Å². The van der Waals surface area contributed by atoms with Crippen molar-refractivity contribution in [2.75, 3.05) is 0 Å². The molecule has 0 unspecified atom stereocenters. The Bertz CT molecular complexity index is 312. The normalized spacial score (nSPS) is 11.4. The van der Waals surface area contributed by atoms with Crippen LogP contribution in [0.1, 0.15) is 76.9 Å². The summed E-state index contributed by atoms with van der Waals surface area (Å²) in [6.07, 6.45) is 12.2. The molecule has 0 aromatic carbocycles. The number of hydrogen-bond acceptors (Lipinski definition) is 3. The Morgan fingerprint density at radius 1 is 1.11 bits per heavy atom. The van der Waals surface area contributed by atoms with Crippen molar-refractivity contribution in [3.8, 4) is 0 Å². The third-order valence-electron chi connectivity index (χ3n) is 3.52. The van der Waals surface area contributed by atoms with E-state index in [4.69, 9.17) is 4.42 Å². The highest BCUT2D eigenvalue weighted by molar-refractivity contribution is 4.90. The second-order valence-corrected chi connectivity index (χ2v) is 5.43. The number of nitrogens with zero attached hydrogens (tertiary/aromatic N) is 1. The first-order valence-electron chi connectivity index (χ1n) is 7.91. The number of aromatic nitrogens is 1. The second kappa shape index (κ2) is 10.0. The average Bonchev–Trinajstić information content (AvgIpc) is 2.81. The summed E-state index contributed by atoms with van der Waals surface area (Å²) in [5, 5.41) is 3.61. The van der Waals surface area contributed by atoms with Gasteiger partial charge in [-0.05, 0) is 19.8 Å². The Kier molecular flexibility index (Phi) is 8.55. The van der Waals surface area contributed by atoms with E-state index >= 15 is 0 Å². The highest BCUT2D eigenvalue weighted by Gasteiger charge is 2.09. The van der Waals surface area contributed by atoms with Crippen molar-refractivity contribution in [2.24, 2.45) is 0 Å². The van der Waals surface area contributed by atoms with Gasteiger partial charge in [-0.1, -0.05) is 52.4 Å². The van der Waals surface area contributed by atoms with Crippen molar-refractivity contribution < 1.29 is 4.42 Å². The summed E-state index contributed by atoms with van der Waals surface area (Å²) in [5.74, 6) is 1.71. The van der Waals surface area contributed by atoms with Crippen LogP contribution in [0.5, 0.6) is 0 Å². The molecule has 1 aromatic rings. The largest absolute Gasteiger partial charge is 0.445 e. The lowest BCUT2D eigenvalue weighted by atomic mass is 10.0. The summed E-state index contributed by atoms with van der Waals surface area (Å²) in [6, 6.07) is 0.616. The van der Waals surface area contributed by atoms with E-state index in [2.05, 4.69) is 24.1 Å². The molecule has 0 atom stereocenters. The van der Waals surface area contributed by atoms with Crippen molar-refractivity contribution in [3.05, 3.63) is 17.8 Å². The van der Waals surface area contributed by atoms with Gasteiger partial charge < -0.3 is 9.73 Å². The molecular weight excluding hydrogens is 236 g/mol. The van der Waals surface area contributed by atoms with Gasteiger partial charge in [-0.2, -0.15) is 0 Å². The average molecular weight is 266 g/mol. The van der Waals surface area contributed by atoms with E-state index in [-0.39, 0.29) is 0 Å². The predicted octanol–water partition coefficient (Wildman–Crippen LogP) is 4.60. The second-order valence-electron chi connectivity index (χ2n) is 5.43. The van der Waals surface area contributed by atoms with Gasteiger partial charge in [-0.25, -0.2) is 4.98 Å². The highest BCUT2D eigenvalue weighted by atomic mass is 16.4. The number of oxazole rings is 1. The summed E-state index contributed by atoms with van der Waals surface area (Å²) >= 11 is 0. The zero-order valence-corrected chi connectivity index (χ0v) is 12.9. The number of rotatable bonds is 11. The van der Waals surface area contributed by atoms with Crippen LogP contribution in [-0.4, -0.2) is 11.0 Å². The van der Waals surface area contributed by atoms with Gasteiger partial charge in [-0.3, -0.25) is 0 Å². The Labute approximate surface area is 118 Å². The van der Waals surface area contributed by atoms with Crippen molar-refractivity contribution in [1.82, 2.24) is 10.3 Å². The van der Waals surface area contributed by atoms with E-state index in [9.17, 15) is 0 Å². The molecule has 0 amide bonds.